The van der Waals surface area contributed by atoms with Gasteiger partial charge in [0, 0.05) is 0 Å². The van der Waals surface area contributed by atoms with Gasteiger partial charge in [0.2, 0.25) is 0 Å². The van der Waals surface area contributed by atoms with Crippen molar-refractivity contribution in [2.45, 2.75) is 6.43 Å². The fourth-order valence-corrected chi connectivity index (χ4v) is 1.86. The molecular weight excluding hydrogens is 284 g/mol. The van der Waals surface area contributed by atoms with Crippen LogP contribution in [0, 0.1) is 5.82 Å². The van der Waals surface area contributed by atoms with Gasteiger partial charge >= 0.3 is 0 Å². The lowest BCUT2D eigenvalue weighted by Crippen LogP contribution is -1.91. The summed E-state index contributed by atoms with van der Waals surface area (Å²) < 4.78 is 38.2. The highest BCUT2D eigenvalue weighted by Gasteiger charge is 2.14. The summed E-state index contributed by atoms with van der Waals surface area (Å²) in [5.41, 5.74) is 0.471. The minimum absolute atomic E-state index is 0.326. The number of hydrogen-bond acceptors (Lipinski definition) is 0. The monoisotopic (exact) mass is 290 g/mol. The number of benzene rings is 2. The third kappa shape index (κ3) is 2.62. The van der Waals surface area contributed by atoms with Gasteiger partial charge in [0.1, 0.15) is 5.82 Å². The largest absolute Gasteiger partial charge is 0.266 e. The maximum absolute atomic E-state index is 13.4. The average molecular weight is 291 g/mol. The van der Waals surface area contributed by atoms with Gasteiger partial charge in [-0.25, -0.2) is 13.2 Å². The number of hydrogen-bond donors (Lipinski definition) is 0. The van der Waals surface area contributed by atoms with Crippen LogP contribution < -0.4 is 0 Å². The zero-order chi connectivity index (χ0) is 13.3. The summed E-state index contributed by atoms with van der Waals surface area (Å²) in [4.78, 5) is 0. The van der Waals surface area contributed by atoms with Crippen molar-refractivity contribution >= 4 is 23.2 Å². The first-order valence-corrected chi connectivity index (χ1v) is 5.77. The van der Waals surface area contributed by atoms with E-state index in [1.165, 1.54) is 6.07 Å². The van der Waals surface area contributed by atoms with Crippen LogP contribution >= 0.6 is 23.2 Å². The molecular formula is C13H7Cl2F3. The molecule has 0 spiro atoms. The van der Waals surface area contributed by atoms with Crippen molar-refractivity contribution in [3.05, 3.63) is 57.8 Å². The normalized spacial score (nSPS) is 11.0. The lowest BCUT2D eigenvalue weighted by Gasteiger charge is -2.06. The summed E-state index contributed by atoms with van der Waals surface area (Å²) in [6.07, 6.45) is -2.83. The molecule has 0 saturated heterocycles. The van der Waals surface area contributed by atoms with E-state index in [2.05, 4.69) is 0 Å². The van der Waals surface area contributed by atoms with Gasteiger partial charge in [0.05, 0.1) is 15.6 Å². The fourth-order valence-electron chi connectivity index (χ4n) is 1.56. The smallest absolute Gasteiger partial charge is 0.206 e. The Hall–Kier alpha value is -1.19. The molecule has 0 saturated carbocycles. The van der Waals surface area contributed by atoms with Crippen molar-refractivity contribution in [1.29, 1.82) is 0 Å². The standard InChI is InChI=1S/C13H7Cl2F3/c14-10-4-2-7(5-11(10)15)8-1-3-9(13(17)18)12(16)6-8/h1-6,13H. The van der Waals surface area contributed by atoms with Crippen molar-refractivity contribution < 1.29 is 13.2 Å². The average Bonchev–Trinajstić information content (AvgIpc) is 2.32. The number of rotatable bonds is 2. The molecule has 2 aromatic rings. The SMILES string of the molecule is Fc1cc(-c2ccc(Cl)c(Cl)c2)ccc1C(F)F. The zero-order valence-corrected chi connectivity index (χ0v) is 10.4. The summed E-state index contributed by atoms with van der Waals surface area (Å²) in [5.74, 6) is -0.937. The fraction of sp³-hybridized carbons (Fsp3) is 0.0769. The van der Waals surface area contributed by atoms with Gasteiger partial charge in [-0.3, -0.25) is 0 Å². The van der Waals surface area contributed by atoms with E-state index < -0.39 is 17.8 Å². The molecule has 0 radical (unpaired) electrons. The van der Waals surface area contributed by atoms with Gasteiger partial charge in [0.15, 0.2) is 0 Å². The van der Waals surface area contributed by atoms with E-state index in [-0.39, 0.29) is 0 Å². The van der Waals surface area contributed by atoms with Crippen LogP contribution in [0.2, 0.25) is 10.0 Å². The lowest BCUT2D eigenvalue weighted by molar-refractivity contribution is 0.146. The van der Waals surface area contributed by atoms with Crippen molar-refractivity contribution in [2.75, 3.05) is 0 Å². The summed E-state index contributed by atoms with van der Waals surface area (Å²) in [7, 11) is 0. The molecule has 0 aromatic heterocycles. The van der Waals surface area contributed by atoms with Crippen LogP contribution in [-0.4, -0.2) is 0 Å². The van der Waals surface area contributed by atoms with Gasteiger partial charge in [0.25, 0.3) is 6.43 Å². The van der Waals surface area contributed by atoms with Crippen molar-refractivity contribution in [2.24, 2.45) is 0 Å². The highest BCUT2D eigenvalue weighted by Crippen LogP contribution is 2.31. The molecule has 0 nitrogen and oxygen atoms in total. The van der Waals surface area contributed by atoms with E-state index in [9.17, 15) is 13.2 Å². The van der Waals surface area contributed by atoms with Crippen LogP contribution in [0.4, 0.5) is 13.2 Å². The zero-order valence-electron chi connectivity index (χ0n) is 8.93. The van der Waals surface area contributed by atoms with Crippen LogP contribution in [0.25, 0.3) is 11.1 Å². The van der Waals surface area contributed by atoms with Crippen molar-refractivity contribution in [1.82, 2.24) is 0 Å². The molecule has 0 fully saturated rings. The minimum atomic E-state index is -2.83. The van der Waals surface area contributed by atoms with Gasteiger partial charge in [-0.05, 0) is 35.4 Å². The second kappa shape index (κ2) is 5.21. The molecule has 0 atom stereocenters. The molecule has 2 rings (SSSR count). The van der Waals surface area contributed by atoms with Crippen LogP contribution in [0.1, 0.15) is 12.0 Å². The van der Waals surface area contributed by atoms with Gasteiger partial charge < -0.3 is 0 Å². The second-order valence-electron chi connectivity index (χ2n) is 3.67. The van der Waals surface area contributed by atoms with E-state index in [0.29, 0.717) is 21.2 Å². The van der Waals surface area contributed by atoms with E-state index in [0.717, 1.165) is 12.1 Å². The Morgan fingerprint density at radius 3 is 2.00 bits per heavy atom. The van der Waals surface area contributed by atoms with Crippen LogP contribution in [0.3, 0.4) is 0 Å². The Balaban J connectivity index is 2.45. The highest BCUT2D eigenvalue weighted by molar-refractivity contribution is 6.42. The summed E-state index contributed by atoms with van der Waals surface area (Å²) in [5, 5.41) is 0.706. The van der Waals surface area contributed by atoms with Crippen LogP contribution in [0.15, 0.2) is 36.4 Å². The quantitative estimate of drug-likeness (QED) is 0.662. The van der Waals surface area contributed by atoms with E-state index >= 15 is 0 Å². The number of halogens is 5. The van der Waals surface area contributed by atoms with Crippen LogP contribution in [0.5, 0.6) is 0 Å². The lowest BCUT2D eigenvalue weighted by atomic mass is 10.0. The predicted octanol–water partition coefficient (Wildman–Crippen LogP) is 5.74. The molecule has 18 heavy (non-hydrogen) atoms. The molecule has 0 aliphatic heterocycles. The summed E-state index contributed by atoms with van der Waals surface area (Å²) in [6, 6.07) is 8.31. The molecule has 2 aromatic carbocycles. The number of alkyl halides is 2. The molecule has 0 amide bonds. The molecule has 0 aliphatic rings. The van der Waals surface area contributed by atoms with Gasteiger partial charge in [-0.15, -0.1) is 0 Å². The maximum atomic E-state index is 13.4. The Kier molecular flexibility index (Phi) is 3.83. The molecule has 0 unspecified atom stereocenters. The topological polar surface area (TPSA) is 0 Å². The first kappa shape index (κ1) is 13.2. The van der Waals surface area contributed by atoms with Crippen molar-refractivity contribution in [3.63, 3.8) is 0 Å². The minimum Gasteiger partial charge on any atom is -0.206 e. The molecule has 94 valence electrons. The van der Waals surface area contributed by atoms with E-state index in [1.54, 1.807) is 18.2 Å². The molecule has 0 aliphatic carbocycles. The Bertz CT molecular complexity index is 582. The second-order valence-corrected chi connectivity index (χ2v) is 4.48. The molecule has 0 bridgehead atoms. The first-order valence-electron chi connectivity index (χ1n) is 5.02. The molecule has 0 heterocycles. The van der Waals surface area contributed by atoms with E-state index in [4.69, 9.17) is 23.2 Å². The third-order valence-electron chi connectivity index (χ3n) is 2.49. The Labute approximate surface area is 112 Å². The van der Waals surface area contributed by atoms with Gasteiger partial charge in [-0.2, -0.15) is 0 Å². The van der Waals surface area contributed by atoms with Crippen LogP contribution in [-0.2, 0) is 0 Å². The molecule has 0 N–H and O–H groups in total. The Morgan fingerprint density at radius 2 is 1.44 bits per heavy atom. The third-order valence-corrected chi connectivity index (χ3v) is 3.23. The molecule has 5 heteroatoms. The summed E-state index contributed by atoms with van der Waals surface area (Å²) in [6.45, 7) is 0. The van der Waals surface area contributed by atoms with Gasteiger partial charge in [-0.1, -0.05) is 35.3 Å². The van der Waals surface area contributed by atoms with Crippen molar-refractivity contribution in [3.8, 4) is 11.1 Å². The first-order chi connectivity index (χ1) is 8.49. The predicted molar refractivity (Wildman–Crippen MR) is 66.8 cm³/mol. The summed E-state index contributed by atoms with van der Waals surface area (Å²) >= 11 is 11.6. The van der Waals surface area contributed by atoms with E-state index in [1.807, 2.05) is 0 Å². The maximum Gasteiger partial charge on any atom is 0.266 e. The Morgan fingerprint density at radius 1 is 0.833 bits per heavy atom. The highest BCUT2D eigenvalue weighted by atomic mass is 35.5.